The highest BCUT2D eigenvalue weighted by molar-refractivity contribution is 5.83. The SMILES string of the molecule is COc1cc(OC)cc(N(CC#Cc2cc(N)ccn2)c2ccc3ncc(-c4cnn(C)c4)nc3c2)c1. The first-order valence-corrected chi connectivity index (χ1v) is 11.5. The van der Waals surface area contributed by atoms with Crippen LogP contribution in [0.4, 0.5) is 17.1 Å². The van der Waals surface area contributed by atoms with E-state index in [0.29, 0.717) is 29.4 Å². The van der Waals surface area contributed by atoms with E-state index in [9.17, 15) is 0 Å². The van der Waals surface area contributed by atoms with Crippen molar-refractivity contribution in [2.45, 2.75) is 0 Å². The number of fused-ring (bicyclic) bond motifs is 1. The average Bonchev–Trinajstić information content (AvgIpc) is 3.36. The first kappa shape index (κ1) is 23.6. The van der Waals surface area contributed by atoms with Gasteiger partial charge in [0.2, 0.25) is 0 Å². The number of nitrogens with two attached hydrogens (primary N) is 1. The number of rotatable bonds is 6. The number of pyridine rings is 1. The van der Waals surface area contributed by atoms with E-state index in [1.807, 2.05) is 49.6 Å². The summed E-state index contributed by atoms with van der Waals surface area (Å²) in [6, 6.07) is 15.1. The molecule has 0 aliphatic rings. The topological polar surface area (TPSA) is 104 Å². The molecule has 0 amide bonds. The lowest BCUT2D eigenvalue weighted by molar-refractivity contribution is 0.394. The van der Waals surface area contributed by atoms with Crippen LogP contribution in [-0.4, -0.2) is 45.5 Å². The Balaban J connectivity index is 1.58. The van der Waals surface area contributed by atoms with Crippen LogP contribution in [0.2, 0.25) is 0 Å². The van der Waals surface area contributed by atoms with Gasteiger partial charge in [0, 0.05) is 60.3 Å². The lowest BCUT2D eigenvalue weighted by Crippen LogP contribution is -2.17. The van der Waals surface area contributed by atoms with Crippen LogP contribution in [0.15, 0.2) is 73.3 Å². The molecule has 5 rings (SSSR count). The largest absolute Gasteiger partial charge is 0.497 e. The van der Waals surface area contributed by atoms with Gasteiger partial charge in [-0.15, -0.1) is 0 Å². The van der Waals surface area contributed by atoms with Crippen LogP contribution in [0.25, 0.3) is 22.3 Å². The minimum atomic E-state index is 0.369. The van der Waals surface area contributed by atoms with Crippen molar-refractivity contribution < 1.29 is 9.47 Å². The molecule has 3 heterocycles. The van der Waals surface area contributed by atoms with Crippen LogP contribution >= 0.6 is 0 Å². The van der Waals surface area contributed by atoms with Crippen molar-refractivity contribution in [3.63, 3.8) is 0 Å². The molecular weight excluding hydrogens is 466 g/mol. The van der Waals surface area contributed by atoms with Crippen LogP contribution in [0.1, 0.15) is 5.69 Å². The predicted octanol–water partition coefficient (Wildman–Crippen LogP) is 4.21. The van der Waals surface area contributed by atoms with Crippen molar-refractivity contribution in [3.8, 4) is 34.6 Å². The fraction of sp³-hybridized carbons (Fsp3) is 0.143. The molecule has 2 aromatic carbocycles. The molecule has 0 saturated carbocycles. The molecule has 0 aliphatic carbocycles. The van der Waals surface area contributed by atoms with Gasteiger partial charge in [0.15, 0.2) is 0 Å². The monoisotopic (exact) mass is 491 g/mol. The highest BCUT2D eigenvalue weighted by atomic mass is 16.5. The van der Waals surface area contributed by atoms with Gasteiger partial charge in [0.05, 0.1) is 49.9 Å². The Morgan fingerprint density at radius 3 is 2.43 bits per heavy atom. The second kappa shape index (κ2) is 10.3. The zero-order valence-electron chi connectivity index (χ0n) is 20.7. The molecule has 5 aromatic rings. The normalized spacial score (nSPS) is 10.6. The summed E-state index contributed by atoms with van der Waals surface area (Å²) in [5, 5.41) is 4.24. The van der Waals surface area contributed by atoms with Gasteiger partial charge in [0.25, 0.3) is 0 Å². The summed E-state index contributed by atoms with van der Waals surface area (Å²) in [5.74, 6) is 7.66. The van der Waals surface area contributed by atoms with E-state index < -0.39 is 0 Å². The summed E-state index contributed by atoms with van der Waals surface area (Å²) in [7, 11) is 5.12. The number of methoxy groups -OCH3 is 2. The summed E-state index contributed by atoms with van der Waals surface area (Å²) in [6.07, 6.45) is 7.09. The van der Waals surface area contributed by atoms with Gasteiger partial charge < -0.3 is 20.1 Å². The van der Waals surface area contributed by atoms with E-state index in [4.69, 9.17) is 20.2 Å². The standard InChI is InChI=1S/C28H25N7O2/c1-34-18-19(16-32-34)28-17-31-26-7-6-22(14-27(26)33-28)35(10-4-5-21-11-20(29)8-9-30-21)23-12-24(36-2)15-25(13-23)37-3/h6-9,11-18H,10H2,1-3H3,(H2,29,30). The summed E-state index contributed by atoms with van der Waals surface area (Å²) >= 11 is 0. The number of hydrogen-bond donors (Lipinski definition) is 1. The van der Waals surface area contributed by atoms with Crippen LogP contribution < -0.4 is 20.1 Å². The summed E-state index contributed by atoms with van der Waals surface area (Å²) < 4.78 is 12.8. The van der Waals surface area contributed by atoms with Crippen molar-refractivity contribution in [1.29, 1.82) is 0 Å². The third-order valence-electron chi connectivity index (χ3n) is 5.72. The summed E-state index contributed by atoms with van der Waals surface area (Å²) in [6.45, 7) is 0.369. The number of aromatic nitrogens is 5. The first-order chi connectivity index (χ1) is 18.0. The van der Waals surface area contributed by atoms with Crippen LogP contribution in [0.5, 0.6) is 11.5 Å². The minimum absolute atomic E-state index is 0.369. The third-order valence-corrected chi connectivity index (χ3v) is 5.72. The van der Waals surface area contributed by atoms with E-state index in [-0.39, 0.29) is 0 Å². The third kappa shape index (κ3) is 5.28. The highest BCUT2D eigenvalue weighted by Gasteiger charge is 2.14. The van der Waals surface area contributed by atoms with E-state index in [0.717, 1.165) is 33.7 Å². The molecule has 0 radical (unpaired) electrons. The Labute approximate surface area is 214 Å². The van der Waals surface area contributed by atoms with Crippen molar-refractivity contribution in [2.75, 3.05) is 31.4 Å². The fourth-order valence-corrected chi connectivity index (χ4v) is 3.86. The van der Waals surface area contributed by atoms with Crippen LogP contribution in [0, 0.1) is 11.8 Å². The van der Waals surface area contributed by atoms with Gasteiger partial charge in [-0.05, 0) is 36.3 Å². The number of ether oxygens (including phenoxy) is 2. The minimum Gasteiger partial charge on any atom is -0.497 e. The molecule has 0 unspecified atom stereocenters. The molecule has 37 heavy (non-hydrogen) atoms. The molecule has 0 saturated heterocycles. The zero-order valence-corrected chi connectivity index (χ0v) is 20.7. The molecule has 0 aliphatic heterocycles. The van der Waals surface area contributed by atoms with Crippen LogP contribution in [-0.2, 0) is 7.05 Å². The molecule has 0 bridgehead atoms. The fourth-order valence-electron chi connectivity index (χ4n) is 3.86. The number of benzene rings is 2. The maximum Gasteiger partial charge on any atom is 0.124 e. The smallest absolute Gasteiger partial charge is 0.124 e. The van der Waals surface area contributed by atoms with E-state index in [2.05, 4.69) is 31.8 Å². The molecule has 2 N–H and O–H groups in total. The average molecular weight is 492 g/mol. The van der Waals surface area contributed by atoms with Crippen molar-refractivity contribution in [1.82, 2.24) is 24.7 Å². The highest BCUT2D eigenvalue weighted by Crippen LogP contribution is 2.34. The second-order valence-electron chi connectivity index (χ2n) is 8.26. The van der Waals surface area contributed by atoms with Crippen molar-refractivity contribution in [2.24, 2.45) is 7.05 Å². The van der Waals surface area contributed by atoms with Crippen molar-refractivity contribution in [3.05, 3.63) is 79.0 Å². The lowest BCUT2D eigenvalue weighted by atomic mass is 10.2. The number of nitrogen functional groups attached to an aromatic ring is 1. The summed E-state index contributed by atoms with van der Waals surface area (Å²) in [5.41, 5.74) is 12.0. The Kier molecular flexibility index (Phi) is 6.55. The number of anilines is 3. The lowest BCUT2D eigenvalue weighted by Gasteiger charge is -2.24. The van der Waals surface area contributed by atoms with E-state index in [1.54, 1.807) is 49.6 Å². The molecule has 3 aromatic heterocycles. The quantitative estimate of drug-likeness (QED) is 0.352. The van der Waals surface area contributed by atoms with E-state index >= 15 is 0 Å². The molecule has 0 fully saturated rings. The zero-order chi connectivity index (χ0) is 25.8. The van der Waals surface area contributed by atoms with Gasteiger partial charge in [-0.1, -0.05) is 5.92 Å². The predicted molar refractivity (Wildman–Crippen MR) is 144 cm³/mol. The number of aryl methyl sites for hydroxylation is 1. The Morgan fingerprint density at radius 2 is 1.73 bits per heavy atom. The van der Waals surface area contributed by atoms with Crippen molar-refractivity contribution >= 4 is 28.1 Å². The van der Waals surface area contributed by atoms with Gasteiger partial charge in [-0.2, -0.15) is 5.10 Å². The molecule has 0 spiro atoms. The first-order valence-electron chi connectivity index (χ1n) is 11.5. The van der Waals surface area contributed by atoms with Gasteiger partial charge in [0.1, 0.15) is 17.2 Å². The Morgan fingerprint density at radius 1 is 0.919 bits per heavy atom. The van der Waals surface area contributed by atoms with Gasteiger partial charge in [-0.25, -0.2) is 9.97 Å². The summed E-state index contributed by atoms with van der Waals surface area (Å²) in [4.78, 5) is 15.8. The maximum atomic E-state index is 5.88. The molecule has 9 heteroatoms. The van der Waals surface area contributed by atoms with Gasteiger partial charge in [-0.3, -0.25) is 9.67 Å². The van der Waals surface area contributed by atoms with Gasteiger partial charge >= 0.3 is 0 Å². The Hall–Kier alpha value is -5.10. The maximum absolute atomic E-state index is 5.88. The number of hydrogen-bond acceptors (Lipinski definition) is 8. The number of nitrogens with zero attached hydrogens (tertiary/aromatic N) is 6. The Bertz CT molecular complexity index is 1610. The second-order valence-corrected chi connectivity index (χ2v) is 8.26. The van der Waals surface area contributed by atoms with E-state index in [1.165, 1.54) is 0 Å². The molecule has 184 valence electrons. The van der Waals surface area contributed by atoms with Crippen LogP contribution in [0.3, 0.4) is 0 Å². The molecular formula is C28H25N7O2. The molecule has 0 atom stereocenters. The molecule has 9 nitrogen and oxygen atoms in total.